The molecule has 0 saturated heterocycles. The van der Waals surface area contributed by atoms with E-state index >= 15 is 0 Å². The standard InChI is InChI=1S/C22H19BrCl3NO2/c1-28-21-9-7-17(23)16(12-27-11-15-4-2-3-5-18(15)24)22(21)29-13-14-6-8-19(25)20(26)10-14/h2-10,27H,11-13H2,1H3. The Labute approximate surface area is 194 Å². The van der Waals surface area contributed by atoms with Gasteiger partial charge in [0.1, 0.15) is 6.61 Å². The summed E-state index contributed by atoms with van der Waals surface area (Å²) in [5.74, 6) is 1.32. The third-order valence-electron chi connectivity index (χ3n) is 4.33. The molecule has 0 aromatic heterocycles. The molecule has 0 aliphatic carbocycles. The van der Waals surface area contributed by atoms with Crippen LogP contribution >= 0.6 is 50.7 Å². The second kappa shape index (κ2) is 10.6. The largest absolute Gasteiger partial charge is 0.493 e. The highest BCUT2D eigenvalue weighted by atomic mass is 79.9. The van der Waals surface area contributed by atoms with E-state index in [1.807, 2.05) is 42.5 Å². The zero-order valence-corrected chi connectivity index (χ0v) is 19.5. The first-order valence-corrected chi connectivity index (χ1v) is 10.8. The number of benzene rings is 3. The van der Waals surface area contributed by atoms with Crippen LogP contribution < -0.4 is 14.8 Å². The first-order valence-electron chi connectivity index (χ1n) is 8.85. The quantitative estimate of drug-likeness (QED) is 0.342. The number of hydrogen-bond donors (Lipinski definition) is 1. The Bertz CT molecular complexity index is 998. The van der Waals surface area contributed by atoms with Crippen LogP contribution in [0.3, 0.4) is 0 Å². The lowest BCUT2D eigenvalue weighted by molar-refractivity contribution is 0.280. The molecule has 0 unspecified atom stereocenters. The minimum atomic E-state index is 0.335. The van der Waals surface area contributed by atoms with Crippen molar-refractivity contribution in [3.8, 4) is 11.5 Å². The summed E-state index contributed by atoms with van der Waals surface area (Å²) in [6, 6.07) is 17.0. The summed E-state index contributed by atoms with van der Waals surface area (Å²) >= 11 is 22.0. The maximum absolute atomic E-state index is 6.24. The van der Waals surface area contributed by atoms with Crippen LogP contribution in [-0.4, -0.2) is 7.11 Å². The first kappa shape index (κ1) is 22.3. The lowest BCUT2D eigenvalue weighted by atomic mass is 10.1. The molecule has 0 radical (unpaired) electrons. The average molecular weight is 516 g/mol. The van der Waals surface area contributed by atoms with E-state index < -0.39 is 0 Å². The van der Waals surface area contributed by atoms with E-state index in [0.717, 1.165) is 26.2 Å². The normalized spacial score (nSPS) is 10.8. The molecule has 0 aliphatic heterocycles. The van der Waals surface area contributed by atoms with Gasteiger partial charge in [0.15, 0.2) is 11.5 Å². The Morgan fingerprint density at radius 2 is 1.69 bits per heavy atom. The Morgan fingerprint density at radius 1 is 0.897 bits per heavy atom. The molecule has 0 atom stereocenters. The van der Waals surface area contributed by atoms with E-state index in [1.54, 1.807) is 19.2 Å². The van der Waals surface area contributed by atoms with Crippen molar-refractivity contribution >= 4 is 50.7 Å². The maximum atomic E-state index is 6.24. The van der Waals surface area contributed by atoms with Crippen molar-refractivity contribution in [3.63, 3.8) is 0 Å². The van der Waals surface area contributed by atoms with Gasteiger partial charge in [-0.1, -0.05) is 75.0 Å². The molecule has 29 heavy (non-hydrogen) atoms. The minimum Gasteiger partial charge on any atom is -0.493 e. The SMILES string of the molecule is COc1ccc(Br)c(CNCc2ccccc2Cl)c1OCc1ccc(Cl)c(Cl)c1. The van der Waals surface area contributed by atoms with Crippen LogP contribution in [0.1, 0.15) is 16.7 Å². The molecule has 0 bridgehead atoms. The smallest absolute Gasteiger partial charge is 0.167 e. The summed E-state index contributed by atoms with van der Waals surface area (Å²) in [5, 5.41) is 5.16. The van der Waals surface area contributed by atoms with Gasteiger partial charge in [-0.05, 0) is 41.5 Å². The Kier molecular flexibility index (Phi) is 8.10. The molecule has 1 N–H and O–H groups in total. The Balaban J connectivity index is 1.77. The van der Waals surface area contributed by atoms with E-state index in [4.69, 9.17) is 44.3 Å². The van der Waals surface area contributed by atoms with Crippen molar-refractivity contribution in [1.29, 1.82) is 0 Å². The Hall–Kier alpha value is -1.43. The number of rotatable bonds is 8. The molecule has 3 nitrogen and oxygen atoms in total. The lowest BCUT2D eigenvalue weighted by Crippen LogP contribution is -2.15. The number of nitrogens with one attached hydrogen (secondary N) is 1. The molecule has 0 saturated carbocycles. The third kappa shape index (κ3) is 5.80. The summed E-state index contributed by atoms with van der Waals surface area (Å²) in [7, 11) is 1.62. The highest BCUT2D eigenvalue weighted by molar-refractivity contribution is 9.10. The van der Waals surface area contributed by atoms with Crippen molar-refractivity contribution in [1.82, 2.24) is 5.32 Å². The van der Waals surface area contributed by atoms with Crippen molar-refractivity contribution in [2.24, 2.45) is 0 Å². The van der Waals surface area contributed by atoms with Gasteiger partial charge in [-0.3, -0.25) is 0 Å². The third-order valence-corrected chi connectivity index (χ3v) is 6.18. The second-order valence-electron chi connectivity index (χ2n) is 6.29. The van der Waals surface area contributed by atoms with Crippen molar-refractivity contribution < 1.29 is 9.47 Å². The molecule has 0 fully saturated rings. The molecule has 0 spiro atoms. The van der Waals surface area contributed by atoms with Crippen LogP contribution in [0.25, 0.3) is 0 Å². The van der Waals surface area contributed by atoms with E-state index in [9.17, 15) is 0 Å². The van der Waals surface area contributed by atoms with Crippen LogP contribution in [-0.2, 0) is 19.7 Å². The topological polar surface area (TPSA) is 30.5 Å². The average Bonchev–Trinajstić information content (AvgIpc) is 2.71. The van der Waals surface area contributed by atoms with E-state index in [1.165, 1.54) is 0 Å². The minimum absolute atomic E-state index is 0.335. The Morgan fingerprint density at radius 3 is 2.41 bits per heavy atom. The zero-order valence-electron chi connectivity index (χ0n) is 15.6. The molecular weight excluding hydrogens is 497 g/mol. The van der Waals surface area contributed by atoms with Crippen LogP contribution in [0.15, 0.2) is 59.1 Å². The van der Waals surface area contributed by atoms with Gasteiger partial charge in [0.25, 0.3) is 0 Å². The van der Waals surface area contributed by atoms with Crippen molar-refractivity contribution in [3.05, 3.63) is 90.8 Å². The fourth-order valence-corrected chi connectivity index (χ4v) is 3.79. The molecule has 3 rings (SSSR count). The lowest BCUT2D eigenvalue weighted by Gasteiger charge is -2.17. The molecule has 0 aliphatic rings. The van der Waals surface area contributed by atoms with E-state index in [2.05, 4.69) is 21.2 Å². The fraction of sp³-hybridized carbons (Fsp3) is 0.182. The monoisotopic (exact) mass is 513 g/mol. The van der Waals surface area contributed by atoms with Gasteiger partial charge >= 0.3 is 0 Å². The van der Waals surface area contributed by atoms with Crippen molar-refractivity contribution in [2.75, 3.05) is 7.11 Å². The van der Waals surface area contributed by atoms with Crippen molar-refractivity contribution in [2.45, 2.75) is 19.7 Å². The van der Waals surface area contributed by atoms with Gasteiger partial charge in [-0.25, -0.2) is 0 Å². The summed E-state index contributed by atoms with van der Waals surface area (Å²) < 4.78 is 12.6. The number of hydrogen-bond acceptors (Lipinski definition) is 3. The first-order chi connectivity index (χ1) is 14.0. The maximum Gasteiger partial charge on any atom is 0.167 e. The highest BCUT2D eigenvalue weighted by Gasteiger charge is 2.15. The van der Waals surface area contributed by atoms with Gasteiger partial charge in [-0.2, -0.15) is 0 Å². The molecule has 152 valence electrons. The number of methoxy groups -OCH3 is 1. The van der Waals surface area contributed by atoms with Gasteiger partial charge in [0.05, 0.1) is 17.2 Å². The predicted octanol–water partition coefficient (Wildman–Crippen LogP) is 7.29. The predicted molar refractivity (Wildman–Crippen MR) is 123 cm³/mol. The van der Waals surface area contributed by atoms with E-state index in [0.29, 0.717) is 41.2 Å². The molecule has 7 heteroatoms. The zero-order chi connectivity index (χ0) is 20.8. The molecule has 3 aromatic rings. The van der Waals surface area contributed by atoms with Crippen LogP contribution in [0, 0.1) is 0 Å². The summed E-state index contributed by atoms with van der Waals surface area (Å²) in [6.45, 7) is 1.54. The molecular formula is C22H19BrCl3NO2. The van der Waals surface area contributed by atoms with Gasteiger partial charge < -0.3 is 14.8 Å². The van der Waals surface area contributed by atoms with Crippen LogP contribution in [0.5, 0.6) is 11.5 Å². The van der Waals surface area contributed by atoms with Crippen LogP contribution in [0.4, 0.5) is 0 Å². The molecule has 3 aromatic carbocycles. The molecule has 0 heterocycles. The number of ether oxygens (including phenoxy) is 2. The van der Waals surface area contributed by atoms with Crippen LogP contribution in [0.2, 0.25) is 15.1 Å². The van der Waals surface area contributed by atoms with Gasteiger partial charge in [-0.15, -0.1) is 0 Å². The fourth-order valence-electron chi connectivity index (χ4n) is 2.81. The summed E-state index contributed by atoms with van der Waals surface area (Å²) in [6.07, 6.45) is 0. The van der Waals surface area contributed by atoms with Gasteiger partial charge in [0, 0.05) is 28.1 Å². The summed E-state index contributed by atoms with van der Waals surface area (Å²) in [5.41, 5.74) is 2.90. The molecule has 0 amide bonds. The van der Waals surface area contributed by atoms with E-state index in [-0.39, 0.29) is 0 Å². The number of halogens is 4. The summed E-state index contributed by atoms with van der Waals surface area (Å²) in [4.78, 5) is 0. The van der Waals surface area contributed by atoms with Gasteiger partial charge in [0.2, 0.25) is 0 Å². The highest BCUT2D eigenvalue weighted by Crippen LogP contribution is 2.37. The second-order valence-corrected chi connectivity index (χ2v) is 8.37.